The number of amides is 1. The summed E-state index contributed by atoms with van der Waals surface area (Å²) < 4.78 is 0. The molecule has 1 aliphatic carbocycles. The van der Waals surface area contributed by atoms with E-state index >= 15 is 0 Å². The topological polar surface area (TPSA) is 78.4 Å². The molecule has 2 atom stereocenters. The van der Waals surface area contributed by atoms with Gasteiger partial charge in [-0.15, -0.1) is 0 Å². The molecule has 3 N–H and O–H groups in total. The van der Waals surface area contributed by atoms with Gasteiger partial charge in [0.15, 0.2) is 0 Å². The summed E-state index contributed by atoms with van der Waals surface area (Å²) in [6.07, 6.45) is 4.19. The van der Waals surface area contributed by atoms with Crippen molar-refractivity contribution in [1.82, 2.24) is 10.6 Å². The van der Waals surface area contributed by atoms with Gasteiger partial charge in [0, 0.05) is 6.54 Å². The van der Waals surface area contributed by atoms with Gasteiger partial charge in [0.2, 0.25) is 5.91 Å². The monoisotopic (exact) mass is 282 g/mol. The van der Waals surface area contributed by atoms with Crippen molar-refractivity contribution in [3.63, 3.8) is 0 Å². The lowest BCUT2D eigenvalue weighted by Gasteiger charge is -2.36. The van der Waals surface area contributed by atoms with E-state index in [2.05, 4.69) is 24.5 Å². The van der Waals surface area contributed by atoms with Crippen LogP contribution in [0.3, 0.4) is 0 Å². The highest BCUT2D eigenvalue weighted by molar-refractivity contribution is 5.83. The standard InChI is InChI=1S/C15H26N2O3/c1-10-3-6-15(7-4-10,14(19)20)9-17-13(18)12-11(2)5-8-16-12/h10-12,16H,3-9H2,1-2H3,(H,17,18)(H,19,20). The highest BCUT2D eigenvalue weighted by Crippen LogP contribution is 2.38. The summed E-state index contributed by atoms with van der Waals surface area (Å²) in [4.78, 5) is 23.8. The summed E-state index contributed by atoms with van der Waals surface area (Å²) in [7, 11) is 0. The van der Waals surface area contributed by atoms with Crippen LogP contribution in [0.25, 0.3) is 0 Å². The van der Waals surface area contributed by atoms with Gasteiger partial charge in [0.25, 0.3) is 0 Å². The van der Waals surface area contributed by atoms with Crippen LogP contribution in [0.15, 0.2) is 0 Å². The zero-order valence-electron chi connectivity index (χ0n) is 12.4. The molecular weight excluding hydrogens is 256 g/mol. The summed E-state index contributed by atoms with van der Waals surface area (Å²) in [6.45, 7) is 5.34. The van der Waals surface area contributed by atoms with Crippen LogP contribution >= 0.6 is 0 Å². The van der Waals surface area contributed by atoms with E-state index < -0.39 is 11.4 Å². The zero-order chi connectivity index (χ0) is 14.8. The number of rotatable bonds is 4. The summed E-state index contributed by atoms with van der Waals surface area (Å²) in [5.74, 6) is 0.100. The van der Waals surface area contributed by atoms with Gasteiger partial charge in [0.05, 0.1) is 11.5 Å². The molecule has 5 nitrogen and oxygen atoms in total. The van der Waals surface area contributed by atoms with Gasteiger partial charge >= 0.3 is 5.97 Å². The third-order valence-electron chi connectivity index (χ3n) is 5.10. The van der Waals surface area contributed by atoms with E-state index in [1.165, 1.54) is 0 Å². The quantitative estimate of drug-likeness (QED) is 0.728. The number of nitrogens with one attached hydrogen (secondary N) is 2. The van der Waals surface area contributed by atoms with Crippen molar-refractivity contribution in [3.05, 3.63) is 0 Å². The van der Waals surface area contributed by atoms with E-state index in [0.717, 1.165) is 25.8 Å². The second kappa shape index (κ2) is 6.12. The predicted octanol–water partition coefficient (Wildman–Crippen LogP) is 1.38. The molecule has 2 aliphatic rings. The van der Waals surface area contributed by atoms with Crippen LogP contribution in [-0.2, 0) is 9.59 Å². The van der Waals surface area contributed by atoms with E-state index in [-0.39, 0.29) is 18.5 Å². The number of carboxylic acid groups (broad SMARTS) is 1. The maximum atomic E-state index is 12.2. The van der Waals surface area contributed by atoms with Gasteiger partial charge in [-0.2, -0.15) is 0 Å². The fourth-order valence-corrected chi connectivity index (χ4v) is 3.33. The molecule has 0 aromatic carbocycles. The minimum atomic E-state index is -0.767. The fraction of sp³-hybridized carbons (Fsp3) is 0.867. The average molecular weight is 282 g/mol. The van der Waals surface area contributed by atoms with E-state index in [9.17, 15) is 14.7 Å². The van der Waals surface area contributed by atoms with Gasteiger partial charge in [-0.3, -0.25) is 9.59 Å². The molecule has 1 amide bonds. The molecule has 114 valence electrons. The molecule has 1 aliphatic heterocycles. The number of carbonyl (C=O) groups excluding carboxylic acids is 1. The Morgan fingerprint density at radius 3 is 2.40 bits per heavy atom. The number of carbonyl (C=O) groups is 2. The van der Waals surface area contributed by atoms with Crippen molar-refractivity contribution < 1.29 is 14.7 Å². The lowest BCUT2D eigenvalue weighted by molar-refractivity contribution is -0.151. The van der Waals surface area contributed by atoms with Gasteiger partial charge in [-0.25, -0.2) is 0 Å². The van der Waals surface area contributed by atoms with Crippen LogP contribution in [0, 0.1) is 17.3 Å². The molecule has 2 rings (SSSR count). The lowest BCUT2D eigenvalue weighted by atomic mass is 9.70. The molecular formula is C15H26N2O3. The zero-order valence-corrected chi connectivity index (χ0v) is 12.4. The Bertz CT molecular complexity index is 375. The van der Waals surface area contributed by atoms with Gasteiger partial charge in [0.1, 0.15) is 0 Å². The number of aliphatic carboxylic acids is 1. The van der Waals surface area contributed by atoms with E-state index in [0.29, 0.717) is 24.7 Å². The van der Waals surface area contributed by atoms with Gasteiger partial charge in [-0.05, 0) is 50.5 Å². The molecule has 1 saturated carbocycles. The van der Waals surface area contributed by atoms with E-state index in [1.54, 1.807) is 0 Å². The molecule has 0 radical (unpaired) electrons. The summed E-state index contributed by atoms with van der Waals surface area (Å²) in [5, 5.41) is 15.6. The summed E-state index contributed by atoms with van der Waals surface area (Å²) >= 11 is 0. The first-order chi connectivity index (χ1) is 9.44. The average Bonchev–Trinajstić information content (AvgIpc) is 2.84. The Hall–Kier alpha value is -1.10. The van der Waals surface area contributed by atoms with Crippen LogP contribution in [0.2, 0.25) is 0 Å². The second-order valence-electron chi connectivity index (χ2n) is 6.68. The SMILES string of the molecule is CC1CCC(CNC(=O)C2NCCC2C)(C(=O)O)CC1. The Labute approximate surface area is 120 Å². The predicted molar refractivity (Wildman–Crippen MR) is 76.3 cm³/mol. The van der Waals surface area contributed by atoms with E-state index in [4.69, 9.17) is 0 Å². The summed E-state index contributed by atoms with van der Waals surface area (Å²) in [5.41, 5.74) is -0.760. The molecule has 5 heteroatoms. The molecule has 0 spiro atoms. The first-order valence-corrected chi connectivity index (χ1v) is 7.69. The highest BCUT2D eigenvalue weighted by atomic mass is 16.4. The Morgan fingerprint density at radius 2 is 1.90 bits per heavy atom. The first kappa shape index (κ1) is 15.3. The Kier molecular flexibility index (Phi) is 4.68. The Morgan fingerprint density at radius 1 is 1.25 bits per heavy atom. The van der Waals surface area contributed by atoms with Crippen molar-refractivity contribution in [3.8, 4) is 0 Å². The number of hydrogen-bond donors (Lipinski definition) is 3. The fourth-order valence-electron chi connectivity index (χ4n) is 3.33. The van der Waals surface area contributed by atoms with Crippen molar-refractivity contribution in [2.45, 2.75) is 52.0 Å². The summed E-state index contributed by atoms with van der Waals surface area (Å²) in [6, 6.07) is -0.164. The minimum absolute atomic E-state index is 0.0470. The van der Waals surface area contributed by atoms with Gasteiger partial charge < -0.3 is 15.7 Å². The first-order valence-electron chi connectivity index (χ1n) is 7.69. The molecule has 0 aromatic rings. The molecule has 0 aromatic heterocycles. The molecule has 2 unspecified atom stereocenters. The third-order valence-corrected chi connectivity index (χ3v) is 5.10. The largest absolute Gasteiger partial charge is 0.481 e. The molecule has 1 saturated heterocycles. The number of hydrogen-bond acceptors (Lipinski definition) is 3. The van der Waals surface area contributed by atoms with Gasteiger partial charge in [-0.1, -0.05) is 13.8 Å². The van der Waals surface area contributed by atoms with E-state index in [1.807, 2.05) is 0 Å². The van der Waals surface area contributed by atoms with Crippen LogP contribution < -0.4 is 10.6 Å². The van der Waals surface area contributed by atoms with Crippen molar-refractivity contribution in [2.75, 3.05) is 13.1 Å². The normalized spacial score (nSPS) is 37.6. The van der Waals surface area contributed by atoms with Crippen molar-refractivity contribution in [1.29, 1.82) is 0 Å². The van der Waals surface area contributed by atoms with Crippen LogP contribution in [0.4, 0.5) is 0 Å². The second-order valence-corrected chi connectivity index (χ2v) is 6.68. The number of carboxylic acids is 1. The highest BCUT2D eigenvalue weighted by Gasteiger charge is 2.42. The third kappa shape index (κ3) is 3.14. The molecule has 20 heavy (non-hydrogen) atoms. The van der Waals surface area contributed by atoms with Crippen LogP contribution in [-0.4, -0.2) is 36.1 Å². The minimum Gasteiger partial charge on any atom is -0.481 e. The Balaban J connectivity index is 1.92. The molecule has 0 bridgehead atoms. The van der Waals surface area contributed by atoms with Crippen molar-refractivity contribution >= 4 is 11.9 Å². The maximum absolute atomic E-state index is 12.2. The maximum Gasteiger partial charge on any atom is 0.311 e. The van der Waals surface area contributed by atoms with Crippen LogP contribution in [0.5, 0.6) is 0 Å². The molecule has 1 heterocycles. The molecule has 2 fully saturated rings. The van der Waals surface area contributed by atoms with Crippen molar-refractivity contribution in [2.24, 2.45) is 17.3 Å². The lowest BCUT2D eigenvalue weighted by Crippen LogP contribution is -2.50. The smallest absolute Gasteiger partial charge is 0.311 e. The van der Waals surface area contributed by atoms with Crippen LogP contribution in [0.1, 0.15) is 46.0 Å².